The maximum Gasteiger partial charge on any atom is 0.231 e. The van der Waals surface area contributed by atoms with Crippen molar-refractivity contribution in [3.8, 4) is 0 Å². The molecule has 0 bridgehead atoms. The summed E-state index contributed by atoms with van der Waals surface area (Å²) in [5.41, 5.74) is 5.84. The number of alkyl halides is 1. The van der Waals surface area contributed by atoms with Crippen molar-refractivity contribution < 1.29 is 4.79 Å². The summed E-state index contributed by atoms with van der Waals surface area (Å²) >= 11 is 15.0. The number of nitrogens with two attached hydrogens (primary N) is 1. The lowest BCUT2D eigenvalue weighted by Gasteiger charge is -2.09. The average molecular weight is 297 g/mol. The van der Waals surface area contributed by atoms with E-state index in [1.807, 2.05) is 0 Å². The summed E-state index contributed by atoms with van der Waals surface area (Å²) in [7, 11) is 0. The van der Waals surface area contributed by atoms with Crippen molar-refractivity contribution >= 4 is 45.0 Å². The van der Waals surface area contributed by atoms with Gasteiger partial charge in [-0.15, -0.1) is 0 Å². The Labute approximate surface area is 101 Å². The predicted molar refractivity (Wildman–Crippen MR) is 62.1 cm³/mol. The number of benzene rings is 1. The summed E-state index contributed by atoms with van der Waals surface area (Å²) in [4.78, 5) is 10.4. The lowest BCUT2D eigenvalue weighted by Crippen LogP contribution is -2.25. The number of hydrogen-bond donors (Lipinski definition) is 1. The summed E-state index contributed by atoms with van der Waals surface area (Å²) in [6.45, 7) is 0. The minimum absolute atomic E-state index is 0.397. The number of carbonyl (C=O) groups is 1. The van der Waals surface area contributed by atoms with Gasteiger partial charge in [0.2, 0.25) is 5.91 Å². The summed E-state index contributed by atoms with van der Waals surface area (Å²) in [6, 6.07) is 5.20. The Kier molecular flexibility index (Phi) is 4.23. The van der Waals surface area contributed by atoms with Crippen LogP contribution in [0.5, 0.6) is 0 Å². The first-order valence-corrected chi connectivity index (χ1v) is 5.56. The van der Waals surface area contributed by atoms with Crippen LogP contribution < -0.4 is 5.73 Å². The molecule has 0 aliphatic heterocycles. The first kappa shape index (κ1) is 11.8. The third-order valence-electron chi connectivity index (χ3n) is 1.75. The van der Waals surface area contributed by atoms with Crippen molar-refractivity contribution in [3.05, 3.63) is 33.8 Å². The molecule has 0 saturated carbocycles. The van der Waals surface area contributed by atoms with Crippen LogP contribution in [0.25, 0.3) is 0 Å². The first-order valence-electron chi connectivity index (χ1n) is 3.88. The monoisotopic (exact) mass is 295 g/mol. The Morgan fingerprint density at radius 1 is 1.43 bits per heavy atom. The molecule has 1 aromatic rings. The average Bonchev–Trinajstić information content (AvgIpc) is 2.11. The molecule has 14 heavy (non-hydrogen) atoms. The second-order valence-electron chi connectivity index (χ2n) is 2.77. The topological polar surface area (TPSA) is 43.1 Å². The molecule has 0 aromatic heterocycles. The van der Waals surface area contributed by atoms with E-state index in [2.05, 4.69) is 15.9 Å². The normalized spacial score (nSPS) is 12.5. The molecule has 0 aliphatic carbocycles. The van der Waals surface area contributed by atoms with Crippen LogP contribution in [0.3, 0.4) is 0 Å². The third kappa shape index (κ3) is 2.87. The van der Waals surface area contributed by atoms with Crippen molar-refractivity contribution in [1.29, 1.82) is 0 Å². The zero-order chi connectivity index (χ0) is 10.7. The van der Waals surface area contributed by atoms with Gasteiger partial charge in [0.15, 0.2) is 0 Å². The highest BCUT2D eigenvalue weighted by Gasteiger charge is 2.15. The van der Waals surface area contributed by atoms with E-state index in [0.29, 0.717) is 16.5 Å². The first-order chi connectivity index (χ1) is 6.52. The highest BCUT2D eigenvalue weighted by Crippen LogP contribution is 2.26. The van der Waals surface area contributed by atoms with Gasteiger partial charge in [0, 0.05) is 10.0 Å². The maximum absolute atomic E-state index is 10.8. The summed E-state index contributed by atoms with van der Waals surface area (Å²) in [5.74, 6) is -0.430. The summed E-state index contributed by atoms with van der Waals surface area (Å²) in [6.07, 6.45) is 0.397. The van der Waals surface area contributed by atoms with Gasteiger partial charge in [-0.1, -0.05) is 45.2 Å². The number of hydrogen-bond acceptors (Lipinski definition) is 1. The number of primary amides is 1. The van der Waals surface area contributed by atoms with Crippen LogP contribution in [-0.4, -0.2) is 10.7 Å². The van der Waals surface area contributed by atoms with Gasteiger partial charge in [-0.2, -0.15) is 0 Å². The molecular weight excluding hydrogens is 289 g/mol. The van der Waals surface area contributed by atoms with Gasteiger partial charge in [-0.05, 0) is 24.1 Å². The van der Waals surface area contributed by atoms with E-state index >= 15 is 0 Å². The second-order valence-corrected chi connectivity index (χ2v) is 4.69. The fourth-order valence-corrected chi connectivity index (χ4v) is 1.88. The van der Waals surface area contributed by atoms with Crippen LogP contribution in [0.1, 0.15) is 5.56 Å². The van der Waals surface area contributed by atoms with Gasteiger partial charge in [-0.25, -0.2) is 0 Å². The fraction of sp³-hybridized carbons (Fsp3) is 0.222. The molecule has 1 aromatic carbocycles. The van der Waals surface area contributed by atoms with Crippen LogP contribution in [0, 0.1) is 0 Å². The van der Waals surface area contributed by atoms with Gasteiger partial charge < -0.3 is 5.73 Å². The molecule has 1 unspecified atom stereocenters. The molecule has 0 saturated heterocycles. The van der Waals surface area contributed by atoms with Gasteiger partial charge >= 0.3 is 0 Å². The fourth-order valence-electron chi connectivity index (χ4n) is 1.01. The highest BCUT2D eigenvalue weighted by atomic mass is 79.9. The zero-order valence-corrected chi connectivity index (χ0v) is 10.2. The van der Waals surface area contributed by atoms with E-state index < -0.39 is 10.7 Å². The SMILES string of the molecule is NC(=O)C(Br)Cc1c(Cl)cccc1Cl. The summed E-state index contributed by atoms with van der Waals surface area (Å²) in [5, 5.41) is 1.09. The quantitative estimate of drug-likeness (QED) is 0.857. The van der Waals surface area contributed by atoms with Crippen molar-refractivity contribution in [2.24, 2.45) is 5.73 Å². The van der Waals surface area contributed by atoms with Crippen molar-refractivity contribution in [2.45, 2.75) is 11.2 Å². The molecule has 2 N–H and O–H groups in total. The third-order valence-corrected chi connectivity index (χ3v) is 3.24. The molecule has 1 atom stereocenters. The molecule has 0 heterocycles. The van der Waals surface area contributed by atoms with E-state index in [-0.39, 0.29) is 0 Å². The molecule has 1 amide bonds. The van der Waals surface area contributed by atoms with Gasteiger partial charge in [0.1, 0.15) is 0 Å². The molecule has 0 spiro atoms. The van der Waals surface area contributed by atoms with E-state index in [1.165, 1.54) is 0 Å². The van der Waals surface area contributed by atoms with Crippen molar-refractivity contribution in [1.82, 2.24) is 0 Å². The van der Waals surface area contributed by atoms with Crippen molar-refractivity contribution in [3.63, 3.8) is 0 Å². The maximum atomic E-state index is 10.8. The molecule has 0 radical (unpaired) electrons. The number of amides is 1. The Balaban J connectivity index is 2.91. The Morgan fingerprint density at radius 3 is 2.36 bits per heavy atom. The number of halogens is 3. The zero-order valence-electron chi connectivity index (χ0n) is 7.14. The van der Waals surface area contributed by atoms with Crippen LogP contribution >= 0.6 is 39.1 Å². The molecule has 1 rings (SSSR count). The standard InChI is InChI=1S/C9H8BrCl2NO/c10-6(9(13)14)4-5-7(11)2-1-3-8(5)12/h1-3,6H,4H2,(H2,13,14). The summed E-state index contributed by atoms with van der Waals surface area (Å²) < 4.78 is 0. The van der Waals surface area contributed by atoms with E-state index in [1.54, 1.807) is 18.2 Å². The van der Waals surface area contributed by atoms with E-state index in [0.717, 1.165) is 5.56 Å². The Bertz CT molecular complexity index is 336. The number of carbonyl (C=O) groups excluding carboxylic acids is 1. The second kappa shape index (κ2) is 5.01. The minimum atomic E-state index is -0.445. The molecule has 76 valence electrons. The molecule has 5 heteroatoms. The van der Waals surface area contributed by atoms with Crippen LogP contribution in [0.4, 0.5) is 0 Å². The largest absolute Gasteiger partial charge is 0.369 e. The Hall–Kier alpha value is -0.250. The van der Waals surface area contributed by atoms with E-state index in [4.69, 9.17) is 28.9 Å². The van der Waals surface area contributed by atoms with Crippen molar-refractivity contribution in [2.75, 3.05) is 0 Å². The molecule has 0 fully saturated rings. The smallest absolute Gasteiger partial charge is 0.231 e. The molecule has 2 nitrogen and oxygen atoms in total. The Morgan fingerprint density at radius 2 is 1.93 bits per heavy atom. The molecular formula is C9H8BrCl2NO. The van der Waals surface area contributed by atoms with Crippen LogP contribution in [0.15, 0.2) is 18.2 Å². The highest BCUT2D eigenvalue weighted by molar-refractivity contribution is 9.10. The lowest BCUT2D eigenvalue weighted by atomic mass is 10.1. The predicted octanol–water partition coefficient (Wildman–Crippen LogP) is 2.78. The van der Waals surface area contributed by atoms with Gasteiger partial charge in [0.05, 0.1) is 4.83 Å². The minimum Gasteiger partial charge on any atom is -0.369 e. The van der Waals surface area contributed by atoms with Gasteiger partial charge in [-0.3, -0.25) is 4.79 Å². The lowest BCUT2D eigenvalue weighted by molar-refractivity contribution is -0.117. The van der Waals surface area contributed by atoms with E-state index in [9.17, 15) is 4.79 Å². The molecule has 0 aliphatic rings. The van der Waals surface area contributed by atoms with Gasteiger partial charge in [0.25, 0.3) is 0 Å². The number of rotatable bonds is 3. The van der Waals surface area contributed by atoms with Crippen LogP contribution in [0.2, 0.25) is 10.0 Å². The van der Waals surface area contributed by atoms with Crippen LogP contribution in [-0.2, 0) is 11.2 Å².